The van der Waals surface area contributed by atoms with E-state index >= 15 is 0 Å². The molecule has 2 heterocycles. The van der Waals surface area contributed by atoms with Crippen LogP contribution in [0.5, 0.6) is 5.75 Å². The molecule has 1 atom stereocenters. The van der Waals surface area contributed by atoms with Gasteiger partial charge < -0.3 is 24.3 Å². The summed E-state index contributed by atoms with van der Waals surface area (Å²) in [6.07, 6.45) is 0.682. The third kappa shape index (κ3) is 5.46. The molecule has 8 heteroatoms. The molecule has 0 bridgehead atoms. The zero-order valence-electron chi connectivity index (χ0n) is 19.0. The van der Waals surface area contributed by atoms with Crippen LogP contribution in [-0.4, -0.2) is 59.8 Å². The van der Waals surface area contributed by atoms with Crippen LogP contribution < -0.4 is 10.1 Å². The molecule has 176 valence electrons. The molecule has 1 N–H and O–H groups in total. The van der Waals surface area contributed by atoms with Gasteiger partial charge in [0.25, 0.3) is 17.7 Å². The summed E-state index contributed by atoms with van der Waals surface area (Å²) in [5, 5.41) is 2.89. The number of amides is 3. The third-order valence-electron chi connectivity index (χ3n) is 5.69. The predicted molar refractivity (Wildman–Crippen MR) is 125 cm³/mol. The van der Waals surface area contributed by atoms with Crippen LogP contribution in [0.1, 0.15) is 33.4 Å². The Kier molecular flexibility index (Phi) is 7.27. The maximum Gasteiger partial charge on any atom is 0.289 e. The molecule has 3 aromatic rings. The highest BCUT2D eigenvalue weighted by molar-refractivity contribution is 5.97. The smallest absolute Gasteiger partial charge is 0.289 e. The molecule has 4 rings (SSSR count). The van der Waals surface area contributed by atoms with E-state index in [1.54, 1.807) is 53.1 Å². The second-order valence-corrected chi connectivity index (χ2v) is 8.02. The number of rotatable bonds is 7. The van der Waals surface area contributed by atoms with E-state index in [-0.39, 0.29) is 17.7 Å². The molecule has 2 aromatic carbocycles. The van der Waals surface area contributed by atoms with Crippen molar-refractivity contribution in [2.75, 3.05) is 26.2 Å². The SMILES string of the molecule is C[C@H](Oc1ccccc1C(=O)NCc1ccccc1)C(=O)N1CCN(C(=O)c2ccco2)CC1. The number of nitrogens with zero attached hydrogens (tertiary/aromatic N) is 2. The standard InChI is InChI=1S/C26H27N3O5/c1-19(25(31)28-13-15-29(16-14-28)26(32)23-12-7-17-33-23)34-22-11-6-5-10-21(22)24(30)27-18-20-8-3-2-4-9-20/h2-12,17,19H,13-16,18H2,1H3,(H,27,30)/t19-/m0/s1. The lowest BCUT2D eigenvalue weighted by atomic mass is 10.1. The van der Waals surface area contributed by atoms with Crippen LogP contribution in [0.2, 0.25) is 0 Å². The zero-order valence-corrected chi connectivity index (χ0v) is 19.0. The Morgan fingerprint density at radius 1 is 0.912 bits per heavy atom. The van der Waals surface area contributed by atoms with Gasteiger partial charge in [-0.1, -0.05) is 42.5 Å². The topological polar surface area (TPSA) is 92.1 Å². The van der Waals surface area contributed by atoms with Crippen LogP contribution in [0.25, 0.3) is 0 Å². The number of ether oxygens (including phenoxy) is 1. The van der Waals surface area contributed by atoms with Crippen molar-refractivity contribution in [1.29, 1.82) is 0 Å². The van der Waals surface area contributed by atoms with Crippen molar-refractivity contribution in [2.24, 2.45) is 0 Å². The summed E-state index contributed by atoms with van der Waals surface area (Å²) < 4.78 is 11.1. The van der Waals surface area contributed by atoms with Crippen LogP contribution in [0.4, 0.5) is 0 Å². The fraction of sp³-hybridized carbons (Fsp3) is 0.269. The molecule has 0 radical (unpaired) electrons. The summed E-state index contributed by atoms with van der Waals surface area (Å²) in [7, 11) is 0. The number of furan rings is 1. The fourth-order valence-corrected chi connectivity index (χ4v) is 3.81. The van der Waals surface area contributed by atoms with E-state index < -0.39 is 6.10 Å². The Bertz CT molecular complexity index is 1120. The van der Waals surface area contributed by atoms with Crippen molar-refractivity contribution < 1.29 is 23.5 Å². The van der Waals surface area contributed by atoms with Crippen LogP contribution in [0.3, 0.4) is 0 Å². The molecule has 1 aliphatic heterocycles. The van der Waals surface area contributed by atoms with Gasteiger partial charge in [-0.2, -0.15) is 0 Å². The highest BCUT2D eigenvalue weighted by Crippen LogP contribution is 2.21. The monoisotopic (exact) mass is 461 g/mol. The van der Waals surface area contributed by atoms with E-state index in [9.17, 15) is 14.4 Å². The zero-order chi connectivity index (χ0) is 23.9. The second kappa shape index (κ2) is 10.7. The van der Waals surface area contributed by atoms with Gasteiger partial charge in [0, 0.05) is 32.7 Å². The van der Waals surface area contributed by atoms with Gasteiger partial charge in [0.1, 0.15) is 5.75 Å². The van der Waals surface area contributed by atoms with Crippen molar-refractivity contribution >= 4 is 17.7 Å². The highest BCUT2D eigenvalue weighted by Gasteiger charge is 2.29. The van der Waals surface area contributed by atoms with E-state index in [4.69, 9.17) is 9.15 Å². The lowest BCUT2D eigenvalue weighted by Gasteiger charge is -2.35. The number of piperazine rings is 1. The van der Waals surface area contributed by atoms with Crippen LogP contribution in [0, 0.1) is 0 Å². The van der Waals surface area contributed by atoms with E-state index in [2.05, 4.69) is 5.32 Å². The molecular weight excluding hydrogens is 434 g/mol. The van der Waals surface area contributed by atoms with Crippen molar-refractivity contribution in [3.05, 3.63) is 89.9 Å². The molecule has 8 nitrogen and oxygen atoms in total. The van der Waals surface area contributed by atoms with E-state index in [1.165, 1.54) is 6.26 Å². The number of hydrogen-bond donors (Lipinski definition) is 1. The Morgan fingerprint density at radius 3 is 2.29 bits per heavy atom. The van der Waals surface area contributed by atoms with Gasteiger partial charge in [-0.3, -0.25) is 14.4 Å². The predicted octanol–water partition coefficient (Wildman–Crippen LogP) is 2.96. The van der Waals surface area contributed by atoms with Gasteiger partial charge in [-0.25, -0.2) is 0 Å². The number of carbonyl (C=O) groups excluding carboxylic acids is 3. The Labute approximate surface area is 198 Å². The maximum absolute atomic E-state index is 13.0. The van der Waals surface area contributed by atoms with Crippen LogP contribution in [0.15, 0.2) is 77.4 Å². The van der Waals surface area contributed by atoms with Gasteiger partial charge in [0.2, 0.25) is 0 Å². The van der Waals surface area contributed by atoms with Crippen LogP contribution >= 0.6 is 0 Å². The summed E-state index contributed by atoms with van der Waals surface area (Å²) in [5.74, 6) is -0.00948. The lowest BCUT2D eigenvalue weighted by Crippen LogP contribution is -2.53. The lowest BCUT2D eigenvalue weighted by molar-refractivity contribution is -0.139. The van der Waals surface area contributed by atoms with Gasteiger partial charge in [-0.05, 0) is 36.8 Å². The van der Waals surface area contributed by atoms with E-state index in [1.807, 2.05) is 30.3 Å². The van der Waals surface area contributed by atoms with Gasteiger partial charge in [-0.15, -0.1) is 0 Å². The molecule has 0 saturated carbocycles. The molecule has 1 aliphatic rings. The van der Waals surface area contributed by atoms with Crippen molar-refractivity contribution in [3.63, 3.8) is 0 Å². The summed E-state index contributed by atoms with van der Waals surface area (Å²) in [4.78, 5) is 41.5. The van der Waals surface area contributed by atoms with E-state index in [0.29, 0.717) is 49.8 Å². The molecule has 1 saturated heterocycles. The van der Waals surface area contributed by atoms with Gasteiger partial charge in [0.15, 0.2) is 11.9 Å². The first-order valence-electron chi connectivity index (χ1n) is 11.2. The highest BCUT2D eigenvalue weighted by atomic mass is 16.5. The summed E-state index contributed by atoms with van der Waals surface area (Å²) in [6.45, 7) is 3.69. The third-order valence-corrected chi connectivity index (χ3v) is 5.69. The summed E-state index contributed by atoms with van der Waals surface area (Å²) >= 11 is 0. The minimum absolute atomic E-state index is 0.183. The Hall–Kier alpha value is -4.07. The van der Waals surface area contributed by atoms with Crippen molar-refractivity contribution in [2.45, 2.75) is 19.6 Å². The first-order chi connectivity index (χ1) is 16.5. The van der Waals surface area contributed by atoms with Crippen molar-refractivity contribution in [1.82, 2.24) is 15.1 Å². The number of benzene rings is 2. The average Bonchev–Trinajstić information content (AvgIpc) is 3.42. The Balaban J connectivity index is 1.33. The number of carbonyl (C=O) groups is 3. The first kappa shape index (κ1) is 23.1. The maximum atomic E-state index is 13.0. The number of para-hydroxylation sites is 1. The molecule has 3 amide bonds. The molecule has 0 aliphatic carbocycles. The number of nitrogens with one attached hydrogen (secondary N) is 1. The van der Waals surface area contributed by atoms with Crippen molar-refractivity contribution in [3.8, 4) is 5.75 Å². The quantitative estimate of drug-likeness (QED) is 0.584. The average molecular weight is 462 g/mol. The molecule has 1 fully saturated rings. The fourth-order valence-electron chi connectivity index (χ4n) is 3.81. The normalized spacial score (nSPS) is 14.4. The van der Waals surface area contributed by atoms with Gasteiger partial charge in [0.05, 0.1) is 11.8 Å². The Morgan fingerprint density at radius 2 is 1.59 bits per heavy atom. The van der Waals surface area contributed by atoms with Gasteiger partial charge >= 0.3 is 0 Å². The van der Waals surface area contributed by atoms with E-state index in [0.717, 1.165) is 5.56 Å². The largest absolute Gasteiger partial charge is 0.480 e. The summed E-state index contributed by atoms with van der Waals surface area (Å²) in [5.41, 5.74) is 1.36. The second-order valence-electron chi connectivity index (χ2n) is 8.02. The summed E-state index contributed by atoms with van der Waals surface area (Å²) in [6, 6.07) is 19.8. The molecule has 1 aromatic heterocycles. The first-order valence-corrected chi connectivity index (χ1v) is 11.2. The minimum atomic E-state index is -0.782. The molecular formula is C26H27N3O5. The number of hydrogen-bond acceptors (Lipinski definition) is 5. The molecule has 0 spiro atoms. The van der Waals surface area contributed by atoms with Crippen LogP contribution in [-0.2, 0) is 11.3 Å². The minimum Gasteiger partial charge on any atom is -0.480 e. The molecule has 34 heavy (non-hydrogen) atoms. The molecule has 0 unspecified atom stereocenters.